The first-order valence-corrected chi connectivity index (χ1v) is 2.59. The third-order valence-corrected chi connectivity index (χ3v) is 0.473. The van der Waals surface area contributed by atoms with Gasteiger partial charge in [0.2, 0.25) is 0 Å². The Morgan fingerprint density at radius 1 is 1.67 bits per heavy atom. The van der Waals surface area contributed by atoms with Crippen LogP contribution in [-0.4, -0.2) is 3.24 Å². The molecule has 0 fully saturated rings. The summed E-state index contributed by atoms with van der Waals surface area (Å²) in [7, 11) is 0. The minimum absolute atomic E-state index is 1.40. The molecule has 34 valence electrons. The smallest absolute Gasteiger partial charge is 0.194 e. The van der Waals surface area contributed by atoms with Crippen LogP contribution < -0.4 is 0 Å². The molecule has 0 radical (unpaired) electrons. The quantitative estimate of drug-likeness (QED) is 0.534. The summed E-state index contributed by atoms with van der Waals surface area (Å²) in [5, 5.41) is 7.84. The molecule has 0 unspecified atom stereocenters. The van der Waals surface area contributed by atoms with Crippen molar-refractivity contribution in [2.75, 3.05) is 0 Å². The highest BCUT2D eigenvalue weighted by Crippen LogP contribution is 2.26. The normalized spacial score (nSPS) is 10.3. The zero-order chi connectivity index (χ0) is 5.21. The maximum absolute atomic E-state index is 7.84. The standard InChI is InChI=1S/C2BrCl2N/c3-2(4,5)1-6. The van der Waals surface area contributed by atoms with E-state index in [1.165, 1.54) is 0 Å². The van der Waals surface area contributed by atoms with Gasteiger partial charge in [0, 0.05) is 0 Å². The average Bonchev–Trinajstić information content (AvgIpc) is 1.35. The molecule has 4 heteroatoms. The van der Waals surface area contributed by atoms with Crippen LogP contribution in [0.15, 0.2) is 0 Å². The molecule has 0 atom stereocenters. The van der Waals surface area contributed by atoms with E-state index in [1.54, 1.807) is 6.07 Å². The van der Waals surface area contributed by atoms with E-state index in [-0.39, 0.29) is 0 Å². The van der Waals surface area contributed by atoms with Crippen LogP contribution >= 0.6 is 39.1 Å². The van der Waals surface area contributed by atoms with Crippen molar-refractivity contribution in [3.63, 3.8) is 0 Å². The number of nitriles is 1. The van der Waals surface area contributed by atoms with Gasteiger partial charge in [-0.25, -0.2) is 0 Å². The summed E-state index contributed by atoms with van der Waals surface area (Å²) < 4.78 is -1.40. The van der Waals surface area contributed by atoms with Crippen LogP contribution in [0.2, 0.25) is 0 Å². The molecule has 0 aliphatic heterocycles. The van der Waals surface area contributed by atoms with Gasteiger partial charge in [0.25, 0.3) is 3.24 Å². The molecular weight excluding hydrogens is 189 g/mol. The highest BCUT2D eigenvalue weighted by Gasteiger charge is 2.15. The lowest BCUT2D eigenvalue weighted by molar-refractivity contribution is 1.42. The fourth-order valence-corrected chi connectivity index (χ4v) is 0. The van der Waals surface area contributed by atoms with Gasteiger partial charge < -0.3 is 0 Å². The molecule has 0 aromatic rings. The molecule has 0 rings (SSSR count). The molecule has 0 aromatic carbocycles. The summed E-state index contributed by atoms with van der Waals surface area (Å²) in [5.74, 6) is 0. The summed E-state index contributed by atoms with van der Waals surface area (Å²) in [5.41, 5.74) is 0. The molecule has 0 bridgehead atoms. The van der Waals surface area contributed by atoms with E-state index in [0.717, 1.165) is 0 Å². The summed E-state index contributed by atoms with van der Waals surface area (Å²) in [6.45, 7) is 0. The first-order chi connectivity index (χ1) is 2.56. The first kappa shape index (κ1) is 6.55. The zero-order valence-electron chi connectivity index (χ0n) is 2.58. The molecule has 6 heavy (non-hydrogen) atoms. The van der Waals surface area contributed by atoms with Gasteiger partial charge in [0.15, 0.2) is 0 Å². The number of halogens is 3. The van der Waals surface area contributed by atoms with E-state index in [0.29, 0.717) is 0 Å². The number of rotatable bonds is 0. The van der Waals surface area contributed by atoms with Crippen LogP contribution in [0.1, 0.15) is 0 Å². The van der Waals surface area contributed by atoms with E-state index >= 15 is 0 Å². The van der Waals surface area contributed by atoms with Crippen molar-refractivity contribution < 1.29 is 0 Å². The van der Waals surface area contributed by atoms with Gasteiger partial charge in [-0.05, 0) is 15.9 Å². The monoisotopic (exact) mass is 187 g/mol. The Bertz CT molecular complexity index is 78.5. The van der Waals surface area contributed by atoms with Crippen molar-refractivity contribution in [3.05, 3.63) is 0 Å². The first-order valence-electron chi connectivity index (χ1n) is 1.04. The molecule has 0 spiro atoms. The minimum atomic E-state index is -1.40. The SMILES string of the molecule is N#CC(Cl)(Cl)Br. The third-order valence-electron chi connectivity index (χ3n) is 0.127. The summed E-state index contributed by atoms with van der Waals surface area (Å²) in [4.78, 5) is 0. The average molecular weight is 189 g/mol. The molecule has 0 aromatic heterocycles. The molecule has 0 amide bonds. The van der Waals surface area contributed by atoms with Gasteiger partial charge >= 0.3 is 0 Å². The molecule has 1 nitrogen and oxygen atoms in total. The van der Waals surface area contributed by atoms with Gasteiger partial charge in [-0.15, -0.1) is 0 Å². The third kappa shape index (κ3) is 4.55. The van der Waals surface area contributed by atoms with Gasteiger partial charge in [-0.3, -0.25) is 0 Å². The number of hydrogen-bond acceptors (Lipinski definition) is 1. The molecule has 0 aliphatic rings. The van der Waals surface area contributed by atoms with E-state index in [2.05, 4.69) is 15.9 Å². The minimum Gasteiger partial charge on any atom is -0.194 e. The van der Waals surface area contributed by atoms with Gasteiger partial charge in [-0.1, -0.05) is 23.2 Å². The lowest BCUT2D eigenvalue weighted by atomic mass is 10.9. The molecule has 0 heterocycles. The lowest BCUT2D eigenvalue weighted by Crippen LogP contribution is -1.91. The van der Waals surface area contributed by atoms with Crippen LogP contribution in [0, 0.1) is 11.3 Å². The van der Waals surface area contributed by atoms with Crippen molar-refractivity contribution in [2.24, 2.45) is 0 Å². The van der Waals surface area contributed by atoms with Crippen LogP contribution in [0.3, 0.4) is 0 Å². The Hall–Kier alpha value is 0.550. The maximum atomic E-state index is 7.84. The second kappa shape index (κ2) is 2.02. The molecule has 0 aliphatic carbocycles. The van der Waals surface area contributed by atoms with Crippen LogP contribution in [0.4, 0.5) is 0 Å². The molecule has 0 saturated heterocycles. The van der Waals surface area contributed by atoms with E-state index < -0.39 is 3.24 Å². The van der Waals surface area contributed by atoms with Crippen molar-refractivity contribution in [3.8, 4) is 6.07 Å². The zero-order valence-corrected chi connectivity index (χ0v) is 5.68. The summed E-state index contributed by atoms with van der Waals surface area (Å²) in [6, 6.07) is 1.55. The van der Waals surface area contributed by atoms with Gasteiger partial charge in [0.1, 0.15) is 6.07 Å². The fraction of sp³-hybridized carbons (Fsp3) is 0.500. The number of hydrogen-bond donors (Lipinski definition) is 0. The summed E-state index contributed by atoms with van der Waals surface area (Å²) in [6.07, 6.45) is 0. The molecule has 0 saturated carbocycles. The largest absolute Gasteiger partial charge is 0.257 e. The van der Waals surface area contributed by atoms with Crippen LogP contribution in [0.25, 0.3) is 0 Å². The summed E-state index contributed by atoms with van der Waals surface area (Å²) >= 11 is 12.7. The van der Waals surface area contributed by atoms with Crippen molar-refractivity contribution in [2.45, 2.75) is 3.24 Å². The fourth-order valence-electron chi connectivity index (χ4n) is 0. The van der Waals surface area contributed by atoms with E-state index in [9.17, 15) is 0 Å². The van der Waals surface area contributed by atoms with Gasteiger partial charge in [-0.2, -0.15) is 5.26 Å². The molecular formula is C2BrCl2N. The Kier molecular flexibility index (Phi) is 2.20. The highest BCUT2D eigenvalue weighted by molar-refractivity contribution is 9.11. The van der Waals surface area contributed by atoms with Crippen LogP contribution in [0.5, 0.6) is 0 Å². The van der Waals surface area contributed by atoms with Crippen LogP contribution in [-0.2, 0) is 0 Å². The lowest BCUT2D eigenvalue weighted by Gasteiger charge is -1.91. The highest BCUT2D eigenvalue weighted by atomic mass is 79.9. The second-order valence-electron chi connectivity index (χ2n) is 0.610. The topological polar surface area (TPSA) is 23.8 Å². The second-order valence-corrected chi connectivity index (χ2v) is 4.04. The number of nitrogens with zero attached hydrogens (tertiary/aromatic N) is 1. The predicted molar refractivity (Wildman–Crippen MR) is 29.0 cm³/mol. The Labute approximate surface area is 54.0 Å². The number of alkyl halides is 3. The van der Waals surface area contributed by atoms with Crippen molar-refractivity contribution >= 4 is 39.1 Å². The Morgan fingerprint density at radius 3 is 1.83 bits per heavy atom. The van der Waals surface area contributed by atoms with Gasteiger partial charge in [0.05, 0.1) is 0 Å². The molecule has 0 N–H and O–H groups in total. The predicted octanol–water partition coefficient (Wildman–Crippen LogP) is 2.04. The van der Waals surface area contributed by atoms with Crippen molar-refractivity contribution in [1.82, 2.24) is 0 Å². The van der Waals surface area contributed by atoms with Crippen molar-refractivity contribution in [1.29, 1.82) is 5.26 Å². The maximum Gasteiger partial charge on any atom is 0.257 e. The van der Waals surface area contributed by atoms with E-state index in [4.69, 9.17) is 28.5 Å². The Morgan fingerprint density at radius 2 is 1.83 bits per heavy atom. The Balaban J connectivity index is 3.55. The van der Waals surface area contributed by atoms with E-state index in [1.807, 2.05) is 0 Å².